The molecule has 26 heavy (non-hydrogen) atoms. The number of hydrogen-bond acceptors (Lipinski definition) is 6. The van der Waals surface area contributed by atoms with Crippen molar-refractivity contribution in [1.82, 2.24) is 14.6 Å². The van der Waals surface area contributed by atoms with E-state index in [2.05, 4.69) is 10.1 Å². The van der Waals surface area contributed by atoms with Gasteiger partial charge < -0.3 is 9.84 Å². The number of hydrazone groups is 1. The van der Waals surface area contributed by atoms with Gasteiger partial charge in [-0.25, -0.2) is 5.01 Å². The third-order valence-corrected chi connectivity index (χ3v) is 4.69. The Balaban J connectivity index is 2.12. The molecule has 0 radical (unpaired) electrons. The van der Waals surface area contributed by atoms with E-state index in [1.165, 1.54) is 23.5 Å². The number of nitrogens with zero attached hydrogens (tertiary/aromatic N) is 3. The molecule has 136 valence electrons. The van der Waals surface area contributed by atoms with Crippen LogP contribution >= 0.6 is 12.2 Å². The number of aromatic hydroxyl groups is 1. The number of H-pyrrole nitrogens is 1. The van der Waals surface area contributed by atoms with Crippen molar-refractivity contribution in [2.24, 2.45) is 12.1 Å². The van der Waals surface area contributed by atoms with Crippen LogP contribution in [0.15, 0.2) is 34.2 Å². The number of ether oxygens (including phenoxy) is 1. The van der Waals surface area contributed by atoms with Crippen LogP contribution in [-0.2, 0) is 11.8 Å². The van der Waals surface area contributed by atoms with Crippen LogP contribution in [0, 0.1) is 4.77 Å². The number of benzene rings is 1. The number of carbonyl (C=O) groups is 1. The highest BCUT2D eigenvalue weighted by molar-refractivity contribution is 7.71. The van der Waals surface area contributed by atoms with Gasteiger partial charge in [-0.3, -0.25) is 19.1 Å². The van der Waals surface area contributed by atoms with Crippen LogP contribution in [0.5, 0.6) is 11.6 Å². The predicted molar refractivity (Wildman–Crippen MR) is 97.9 cm³/mol. The Labute approximate surface area is 154 Å². The van der Waals surface area contributed by atoms with E-state index in [-0.39, 0.29) is 28.5 Å². The Morgan fingerprint density at radius 2 is 2.12 bits per heavy atom. The molecule has 0 bridgehead atoms. The molecule has 8 nitrogen and oxygen atoms in total. The zero-order chi connectivity index (χ0) is 19.0. The molecule has 2 aromatic rings. The molecule has 0 aliphatic carbocycles. The second kappa shape index (κ2) is 6.75. The van der Waals surface area contributed by atoms with E-state index in [9.17, 15) is 14.7 Å². The zero-order valence-electron chi connectivity index (χ0n) is 14.5. The number of rotatable bonds is 3. The second-order valence-electron chi connectivity index (χ2n) is 5.89. The average Bonchev–Trinajstić information content (AvgIpc) is 3.04. The van der Waals surface area contributed by atoms with Gasteiger partial charge in [0.2, 0.25) is 11.8 Å². The van der Waals surface area contributed by atoms with Crippen molar-refractivity contribution in [2.75, 3.05) is 7.11 Å². The van der Waals surface area contributed by atoms with E-state index in [0.717, 1.165) is 5.56 Å². The summed E-state index contributed by atoms with van der Waals surface area (Å²) in [6.45, 7) is 1.39. The fourth-order valence-electron chi connectivity index (χ4n) is 3.00. The van der Waals surface area contributed by atoms with Crippen molar-refractivity contribution in [1.29, 1.82) is 0 Å². The van der Waals surface area contributed by atoms with Gasteiger partial charge >= 0.3 is 0 Å². The molecule has 1 aromatic carbocycles. The van der Waals surface area contributed by atoms with E-state index >= 15 is 0 Å². The van der Waals surface area contributed by atoms with E-state index in [4.69, 9.17) is 17.0 Å². The summed E-state index contributed by atoms with van der Waals surface area (Å²) in [6.07, 6.45) is 0.257. The van der Waals surface area contributed by atoms with Crippen LogP contribution in [0.25, 0.3) is 0 Å². The molecule has 0 spiro atoms. The summed E-state index contributed by atoms with van der Waals surface area (Å²) in [4.78, 5) is 26.9. The molecule has 1 atom stereocenters. The third kappa shape index (κ3) is 2.90. The Bertz CT molecular complexity index is 1020. The van der Waals surface area contributed by atoms with Crippen LogP contribution in [-0.4, -0.2) is 38.4 Å². The van der Waals surface area contributed by atoms with Crippen LogP contribution in [0.4, 0.5) is 0 Å². The van der Waals surface area contributed by atoms with Crippen LogP contribution in [0.3, 0.4) is 0 Å². The van der Waals surface area contributed by atoms with Gasteiger partial charge in [-0.2, -0.15) is 5.10 Å². The standard InChI is InChI=1S/C17H18N4O4S/c1-9(22)21-12(10-6-4-5-7-13(10)25-3)8-11(19-21)14-15(23)18-17(26)20(2)16(14)24/h4-7,12,24H,8H2,1-3H3,(H,18,23,26). The summed E-state index contributed by atoms with van der Waals surface area (Å²) >= 11 is 4.99. The lowest BCUT2D eigenvalue weighted by Crippen LogP contribution is -2.24. The summed E-state index contributed by atoms with van der Waals surface area (Å²) in [5.74, 6) is 0.0440. The molecule has 1 amide bonds. The van der Waals surface area contributed by atoms with Gasteiger partial charge in [0, 0.05) is 26.0 Å². The highest BCUT2D eigenvalue weighted by Gasteiger charge is 2.35. The third-order valence-electron chi connectivity index (χ3n) is 4.31. The first-order chi connectivity index (χ1) is 12.3. The number of hydrogen-bond donors (Lipinski definition) is 2. The number of aromatic nitrogens is 2. The first-order valence-electron chi connectivity index (χ1n) is 7.88. The number of carbonyl (C=O) groups excluding carboxylic acids is 1. The number of aromatic amines is 1. The first-order valence-corrected chi connectivity index (χ1v) is 8.28. The van der Waals surface area contributed by atoms with Gasteiger partial charge in [0.15, 0.2) is 4.77 Å². The molecule has 0 saturated heterocycles. The van der Waals surface area contributed by atoms with E-state index < -0.39 is 11.6 Å². The van der Waals surface area contributed by atoms with Crippen molar-refractivity contribution in [3.05, 3.63) is 50.5 Å². The molecule has 2 N–H and O–H groups in total. The molecule has 0 saturated carbocycles. The first kappa shape index (κ1) is 17.9. The Morgan fingerprint density at radius 1 is 1.42 bits per heavy atom. The number of para-hydroxylation sites is 1. The molecule has 1 aromatic heterocycles. The van der Waals surface area contributed by atoms with E-state index in [1.54, 1.807) is 13.2 Å². The van der Waals surface area contributed by atoms with Crippen molar-refractivity contribution in [2.45, 2.75) is 19.4 Å². The van der Waals surface area contributed by atoms with Gasteiger partial charge in [-0.05, 0) is 18.3 Å². The van der Waals surface area contributed by atoms with Crippen molar-refractivity contribution in [3.8, 4) is 11.6 Å². The molecule has 1 unspecified atom stereocenters. The van der Waals surface area contributed by atoms with Gasteiger partial charge in [0.1, 0.15) is 11.3 Å². The molecule has 1 aliphatic rings. The minimum absolute atomic E-state index is 0.00440. The van der Waals surface area contributed by atoms with Crippen LogP contribution < -0.4 is 10.3 Å². The fraction of sp³-hybridized carbons (Fsp3) is 0.294. The van der Waals surface area contributed by atoms with Gasteiger partial charge in [0.05, 0.1) is 18.9 Å². The number of methoxy groups -OCH3 is 1. The normalized spacial score (nSPS) is 16.5. The molecule has 0 fully saturated rings. The van der Waals surface area contributed by atoms with Gasteiger partial charge in [-0.1, -0.05) is 18.2 Å². The SMILES string of the molecule is COc1ccccc1C1CC(c2c(O)n(C)c(=S)[nH]c2=O)=NN1C(C)=O. The maximum atomic E-state index is 12.3. The van der Waals surface area contributed by atoms with Crippen LogP contribution in [0.2, 0.25) is 0 Å². The Morgan fingerprint density at radius 3 is 2.77 bits per heavy atom. The second-order valence-corrected chi connectivity index (χ2v) is 6.28. The lowest BCUT2D eigenvalue weighted by molar-refractivity contribution is -0.130. The predicted octanol–water partition coefficient (Wildman–Crippen LogP) is 1.85. The quantitative estimate of drug-likeness (QED) is 0.799. The topological polar surface area (TPSA) is 99.9 Å². The lowest BCUT2D eigenvalue weighted by atomic mass is 9.98. The Hall–Kier alpha value is -2.94. The zero-order valence-corrected chi connectivity index (χ0v) is 15.3. The summed E-state index contributed by atoms with van der Waals surface area (Å²) in [5.41, 5.74) is 0.530. The maximum absolute atomic E-state index is 12.3. The summed E-state index contributed by atoms with van der Waals surface area (Å²) < 4.78 is 6.76. The summed E-state index contributed by atoms with van der Waals surface area (Å²) in [7, 11) is 3.08. The highest BCUT2D eigenvalue weighted by Crippen LogP contribution is 2.37. The molecule has 1 aliphatic heterocycles. The molecule has 9 heteroatoms. The molecular formula is C17H18N4O4S. The van der Waals surface area contributed by atoms with Gasteiger partial charge in [0.25, 0.3) is 5.56 Å². The summed E-state index contributed by atoms with van der Waals surface area (Å²) in [5, 5.41) is 16.0. The smallest absolute Gasteiger partial charge is 0.264 e. The summed E-state index contributed by atoms with van der Waals surface area (Å²) in [6, 6.07) is 6.86. The molecular weight excluding hydrogens is 356 g/mol. The monoisotopic (exact) mass is 374 g/mol. The Kier molecular flexibility index (Phi) is 4.64. The average molecular weight is 374 g/mol. The maximum Gasteiger partial charge on any atom is 0.264 e. The largest absolute Gasteiger partial charge is 0.496 e. The minimum atomic E-state index is -0.548. The van der Waals surface area contributed by atoms with Crippen molar-refractivity contribution >= 4 is 23.8 Å². The number of nitrogens with one attached hydrogen (secondary N) is 1. The van der Waals surface area contributed by atoms with Gasteiger partial charge in [-0.15, -0.1) is 0 Å². The van der Waals surface area contributed by atoms with Crippen LogP contribution in [0.1, 0.15) is 30.5 Å². The van der Waals surface area contributed by atoms with Crippen molar-refractivity contribution in [3.63, 3.8) is 0 Å². The number of amides is 1. The molecule has 3 rings (SSSR count). The fourth-order valence-corrected chi connectivity index (χ4v) is 3.18. The van der Waals surface area contributed by atoms with Crippen molar-refractivity contribution < 1.29 is 14.6 Å². The lowest BCUT2D eigenvalue weighted by Gasteiger charge is -2.22. The minimum Gasteiger partial charge on any atom is -0.496 e. The van der Waals surface area contributed by atoms with E-state index in [1.807, 2.05) is 18.2 Å². The molecule has 2 heterocycles. The highest BCUT2D eigenvalue weighted by atomic mass is 32.1. The van der Waals surface area contributed by atoms with E-state index in [0.29, 0.717) is 11.5 Å².